The van der Waals surface area contributed by atoms with E-state index >= 15 is 0 Å². The molecule has 0 saturated heterocycles. The van der Waals surface area contributed by atoms with Crippen LogP contribution >= 0.6 is 11.3 Å². The van der Waals surface area contributed by atoms with Crippen molar-refractivity contribution in [3.8, 4) is 17.0 Å². The minimum absolute atomic E-state index is 0.661. The molecule has 4 heteroatoms. The Kier molecular flexibility index (Phi) is 4.93. The lowest BCUT2D eigenvalue weighted by Gasteiger charge is -2.06. The highest BCUT2D eigenvalue weighted by molar-refractivity contribution is 7.09. The molecule has 2 rings (SSSR count). The number of benzene rings is 1. The molecule has 0 saturated carbocycles. The van der Waals surface area contributed by atoms with Crippen LogP contribution in [0.1, 0.15) is 18.9 Å². The Labute approximate surface area is 118 Å². The highest BCUT2D eigenvalue weighted by atomic mass is 32.1. The molecule has 0 radical (unpaired) electrons. The molecule has 1 aromatic heterocycles. The Balaban J connectivity index is 2.08. The number of methoxy groups -OCH3 is 1. The molecule has 3 nitrogen and oxygen atoms in total. The standard InChI is InChI=1S/C15H20N2OS/c1-11(2)8-16-9-15-17-13(10-19-15)12-6-4-5-7-14(12)18-3/h4-7,10-11,16H,8-9H2,1-3H3. The first-order chi connectivity index (χ1) is 9.20. The molecule has 0 bridgehead atoms. The van der Waals surface area contributed by atoms with Gasteiger partial charge >= 0.3 is 0 Å². The predicted molar refractivity (Wildman–Crippen MR) is 80.6 cm³/mol. The third-order valence-electron chi connectivity index (χ3n) is 2.76. The predicted octanol–water partition coefficient (Wildman–Crippen LogP) is 3.56. The van der Waals surface area contributed by atoms with Crippen molar-refractivity contribution in [1.82, 2.24) is 10.3 Å². The van der Waals surface area contributed by atoms with Gasteiger partial charge in [0.05, 0.1) is 12.8 Å². The van der Waals surface area contributed by atoms with E-state index in [1.54, 1.807) is 18.4 Å². The topological polar surface area (TPSA) is 34.1 Å². The largest absolute Gasteiger partial charge is 0.496 e. The molecule has 0 aliphatic heterocycles. The first-order valence-electron chi connectivity index (χ1n) is 6.49. The van der Waals surface area contributed by atoms with Crippen LogP contribution in [0.5, 0.6) is 5.75 Å². The van der Waals surface area contributed by atoms with Gasteiger partial charge in [-0.2, -0.15) is 0 Å². The molecule has 0 atom stereocenters. The number of rotatable bonds is 6. The highest BCUT2D eigenvalue weighted by Gasteiger charge is 2.09. The number of hydrogen-bond acceptors (Lipinski definition) is 4. The van der Waals surface area contributed by atoms with Gasteiger partial charge in [-0.15, -0.1) is 11.3 Å². The minimum atomic E-state index is 0.661. The maximum Gasteiger partial charge on any atom is 0.128 e. The SMILES string of the molecule is COc1ccccc1-c1csc(CNCC(C)C)n1. The summed E-state index contributed by atoms with van der Waals surface area (Å²) >= 11 is 1.69. The van der Waals surface area contributed by atoms with Gasteiger partial charge in [0.25, 0.3) is 0 Å². The fraction of sp³-hybridized carbons (Fsp3) is 0.400. The average molecular weight is 276 g/mol. The zero-order chi connectivity index (χ0) is 13.7. The number of ether oxygens (including phenoxy) is 1. The smallest absolute Gasteiger partial charge is 0.128 e. The summed E-state index contributed by atoms with van der Waals surface area (Å²) in [6, 6.07) is 7.98. The highest BCUT2D eigenvalue weighted by Crippen LogP contribution is 2.30. The summed E-state index contributed by atoms with van der Waals surface area (Å²) in [4.78, 5) is 4.66. The number of nitrogens with zero attached hydrogens (tertiary/aromatic N) is 1. The van der Waals surface area contributed by atoms with Crippen LogP contribution in [0.25, 0.3) is 11.3 Å². The zero-order valence-electron chi connectivity index (χ0n) is 11.6. The monoisotopic (exact) mass is 276 g/mol. The van der Waals surface area contributed by atoms with Gasteiger partial charge in [0.2, 0.25) is 0 Å². The third kappa shape index (κ3) is 3.78. The first kappa shape index (κ1) is 14.0. The maximum absolute atomic E-state index is 5.37. The Hall–Kier alpha value is -1.39. The number of aromatic nitrogens is 1. The second kappa shape index (κ2) is 6.68. The van der Waals surface area contributed by atoms with Crippen molar-refractivity contribution in [3.63, 3.8) is 0 Å². The summed E-state index contributed by atoms with van der Waals surface area (Å²) in [6.07, 6.45) is 0. The molecular weight excluding hydrogens is 256 g/mol. The van der Waals surface area contributed by atoms with E-state index in [1.807, 2.05) is 24.3 Å². The van der Waals surface area contributed by atoms with Crippen molar-refractivity contribution < 1.29 is 4.74 Å². The molecule has 0 aliphatic carbocycles. The average Bonchev–Trinajstić information content (AvgIpc) is 2.87. The van der Waals surface area contributed by atoms with Crippen molar-refractivity contribution in [2.45, 2.75) is 20.4 Å². The van der Waals surface area contributed by atoms with Gasteiger partial charge in [0.1, 0.15) is 10.8 Å². The fourth-order valence-electron chi connectivity index (χ4n) is 1.84. The molecule has 0 aliphatic rings. The van der Waals surface area contributed by atoms with Crippen LogP contribution in [0.3, 0.4) is 0 Å². The molecule has 102 valence electrons. The summed E-state index contributed by atoms with van der Waals surface area (Å²) < 4.78 is 5.37. The first-order valence-corrected chi connectivity index (χ1v) is 7.37. The Morgan fingerprint density at radius 3 is 2.84 bits per heavy atom. The Morgan fingerprint density at radius 1 is 1.32 bits per heavy atom. The molecule has 0 spiro atoms. The van der Waals surface area contributed by atoms with Crippen LogP contribution in [0.2, 0.25) is 0 Å². The van der Waals surface area contributed by atoms with E-state index in [2.05, 4.69) is 29.5 Å². The molecule has 1 heterocycles. The van der Waals surface area contributed by atoms with Crippen LogP contribution in [-0.2, 0) is 6.54 Å². The molecule has 0 amide bonds. The maximum atomic E-state index is 5.37. The van der Waals surface area contributed by atoms with E-state index in [1.165, 1.54) is 0 Å². The normalized spacial score (nSPS) is 10.9. The second-order valence-corrected chi connectivity index (χ2v) is 5.79. The Morgan fingerprint density at radius 2 is 2.11 bits per heavy atom. The van der Waals surface area contributed by atoms with Crippen LogP contribution in [0.15, 0.2) is 29.6 Å². The van der Waals surface area contributed by atoms with Crippen molar-refractivity contribution in [2.75, 3.05) is 13.7 Å². The Bertz CT molecular complexity index is 522. The van der Waals surface area contributed by atoms with E-state index in [-0.39, 0.29) is 0 Å². The van der Waals surface area contributed by atoms with E-state index < -0.39 is 0 Å². The zero-order valence-corrected chi connectivity index (χ0v) is 12.5. The summed E-state index contributed by atoms with van der Waals surface area (Å²) in [5, 5.41) is 6.61. The molecular formula is C15H20N2OS. The van der Waals surface area contributed by atoms with Crippen LogP contribution in [0.4, 0.5) is 0 Å². The van der Waals surface area contributed by atoms with Gasteiger partial charge in [-0.25, -0.2) is 4.98 Å². The lowest BCUT2D eigenvalue weighted by molar-refractivity contribution is 0.416. The van der Waals surface area contributed by atoms with E-state index in [0.29, 0.717) is 5.92 Å². The summed E-state index contributed by atoms with van der Waals surface area (Å²) in [6.45, 7) is 6.26. The van der Waals surface area contributed by atoms with Crippen molar-refractivity contribution in [2.24, 2.45) is 5.92 Å². The number of nitrogens with one attached hydrogen (secondary N) is 1. The number of para-hydroxylation sites is 1. The molecule has 0 fully saturated rings. The molecule has 1 aromatic carbocycles. The summed E-state index contributed by atoms with van der Waals surface area (Å²) in [5.74, 6) is 1.53. The minimum Gasteiger partial charge on any atom is -0.496 e. The fourth-order valence-corrected chi connectivity index (χ4v) is 2.60. The van der Waals surface area contributed by atoms with Crippen LogP contribution in [-0.4, -0.2) is 18.6 Å². The third-order valence-corrected chi connectivity index (χ3v) is 3.61. The molecule has 0 unspecified atom stereocenters. The summed E-state index contributed by atoms with van der Waals surface area (Å²) in [7, 11) is 1.69. The molecule has 1 N–H and O–H groups in total. The van der Waals surface area contributed by atoms with Gasteiger partial charge in [-0.3, -0.25) is 0 Å². The molecule has 2 aromatic rings. The van der Waals surface area contributed by atoms with Crippen LogP contribution < -0.4 is 10.1 Å². The van der Waals surface area contributed by atoms with Gasteiger partial charge < -0.3 is 10.1 Å². The van der Waals surface area contributed by atoms with Gasteiger partial charge in [-0.05, 0) is 24.6 Å². The summed E-state index contributed by atoms with van der Waals surface area (Å²) in [5.41, 5.74) is 2.04. The van der Waals surface area contributed by atoms with Crippen molar-refractivity contribution in [1.29, 1.82) is 0 Å². The van der Waals surface area contributed by atoms with Gasteiger partial charge in [-0.1, -0.05) is 26.0 Å². The second-order valence-electron chi connectivity index (χ2n) is 4.85. The lowest BCUT2D eigenvalue weighted by Crippen LogP contribution is -2.18. The molecule has 19 heavy (non-hydrogen) atoms. The van der Waals surface area contributed by atoms with Gasteiger partial charge in [0.15, 0.2) is 0 Å². The van der Waals surface area contributed by atoms with E-state index in [9.17, 15) is 0 Å². The van der Waals surface area contributed by atoms with E-state index in [0.717, 1.165) is 35.1 Å². The number of hydrogen-bond donors (Lipinski definition) is 1. The number of thiazole rings is 1. The quantitative estimate of drug-likeness (QED) is 0.876. The van der Waals surface area contributed by atoms with Crippen LogP contribution in [0, 0.1) is 5.92 Å². The van der Waals surface area contributed by atoms with Gasteiger partial charge in [0, 0.05) is 17.5 Å². The lowest BCUT2D eigenvalue weighted by atomic mass is 10.1. The van der Waals surface area contributed by atoms with E-state index in [4.69, 9.17) is 4.74 Å². The van der Waals surface area contributed by atoms with Crippen molar-refractivity contribution >= 4 is 11.3 Å². The van der Waals surface area contributed by atoms with Crippen molar-refractivity contribution in [3.05, 3.63) is 34.7 Å².